The van der Waals surface area contributed by atoms with Gasteiger partial charge in [0.2, 0.25) is 5.91 Å². The second kappa shape index (κ2) is 8.96. The number of nitrogens with one attached hydrogen (secondary N) is 1. The zero-order valence-electron chi connectivity index (χ0n) is 15.3. The number of likely N-dealkylation sites (tertiary alicyclic amines) is 1. The molecule has 1 N–H and O–H groups in total. The summed E-state index contributed by atoms with van der Waals surface area (Å²) < 4.78 is 15.9. The highest BCUT2D eigenvalue weighted by atomic mass is 16.5. The SMILES string of the molecule is CNC(=O)CC[C@H]1[C@@H](OC)CCCN1C(=O)c1noc(C)c1COC. The molecule has 140 valence electrons. The summed E-state index contributed by atoms with van der Waals surface area (Å²) in [6.45, 7) is 2.63. The summed E-state index contributed by atoms with van der Waals surface area (Å²) in [5.74, 6) is 0.324. The van der Waals surface area contributed by atoms with Crippen molar-refractivity contribution in [3.63, 3.8) is 0 Å². The molecule has 2 amide bonds. The van der Waals surface area contributed by atoms with Gasteiger partial charge in [0.25, 0.3) is 5.91 Å². The van der Waals surface area contributed by atoms with Crippen LogP contribution >= 0.6 is 0 Å². The number of aryl methyl sites for hydroxylation is 1. The van der Waals surface area contributed by atoms with Crippen LogP contribution in [0.5, 0.6) is 0 Å². The lowest BCUT2D eigenvalue weighted by Gasteiger charge is -2.40. The summed E-state index contributed by atoms with van der Waals surface area (Å²) >= 11 is 0. The fraction of sp³-hybridized carbons (Fsp3) is 0.706. The van der Waals surface area contributed by atoms with Crippen LogP contribution in [0.15, 0.2) is 4.52 Å². The van der Waals surface area contributed by atoms with E-state index in [1.807, 2.05) is 0 Å². The Balaban J connectivity index is 2.23. The second-order valence-corrected chi connectivity index (χ2v) is 6.19. The van der Waals surface area contributed by atoms with E-state index in [-0.39, 0.29) is 36.3 Å². The van der Waals surface area contributed by atoms with Crippen LogP contribution in [0.4, 0.5) is 0 Å². The predicted molar refractivity (Wildman–Crippen MR) is 90.1 cm³/mol. The van der Waals surface area contributed by atoms with Gasteiger partial charge in [0, 0.05) is 34.2 Å². The van der Waals surface area contributed by atoms with E-state index in [2.05, 4.69) is 10.5 Å². The van der Waals surface area contributed by atoms with Crippen molar-refractivity contribution >= 4 is 11.8 Å². The zero-order chi connectivity index (χ0) is 18.4. The van der Waals surface area contributed by atoms with Crippen LogP contribution in [0.25, 0.3) is 0 Å². The highest BCUT2D eigenvalue weighted by Crippen LogP contribution is 2.27. The molecule has 8 nitrogen and oxygen atoms in total. The molecule has 0 unspecified atom stereocenters. The van der Waals surface area contributed by atoms with E-state index in [1.54, 1.807) is 33.1 Å². The maximum absolute atomic E-state index is 13.1. The van der Waals surface area contributed by atoms with Gasteiger partial charge in [0.15, 0.2) is 5.69 Å². The summed E-state index contributed by atoms with van der Waals surface area (Å²) in [7, 11) is 4.81. The molecule has 25 heavy (non-hydrogen) atoms. The first-order valence-corrected chi connectivity index (χ1v) is 8.51. The summed E-state index contributed by atoms with van der Waals surface area (Å²) in [6, 6.07) is -0.170. The topological polar surface area (TPSA) is 93.9 Å². The van der Waals surface area contributed by atoms with Crippen LogP contribution in [0.1, 0.15) is 47.5 Å². The molecule has 1 aliphatic heterocycles. The van der Waals surface area contributed by atoms with E-state index in [1.165, 1.54) is 0 Å². The van der Waals surface area contributed by atoms with E-state index < -0.39 is 0 Å². The smallest absolute Gasteiger partial charge is 0.276 e. The van der Waals surface area contributed by atoms with Crippen LogP contribution in [0.3, 0.4) is 0 Å². The third kappa shape index (κ3) is 4.38. The standard InChI is InChI=1S/C17H27N3O5/c1-11-12(10-23-3)16(19-25-11)17(22)20-9-5-6-14(24-4)13(20)7-8-15(21)18-2/h13-14H,5-10H2,1-4H3,(H,18,21)/t13-,14-/m0/s1. The van der Waals surface area contributed by atoms with Crippen molar-refractivity contribution in [1.29, 1.82) is 0 Å². The molecular formula is C17H27N3O5. The molecule has 0 radical (unpaired) electrons. The largest absolute Gasteiger partial charge is 0.380 e. The first-order chi connectivity index (χ1) is 12.0. The molecule has 0 aromatic carbocycles. The number of amides is 2. The summed E-state index contributed by atoms with van der Waals surface area (Å²) in [6.07, 6.45) is 2.49. The number of carbonyl (C=O) groups is 2. The fourth-order valence-corrected chi connectivity index (χ4v) is 3.30. The Morgan fingerprint density at radius 2 is 2.16 bits per heavy atom. The minimum atomic E-state index is -0.201. The van der Waals surface area contributed by atoms with Crippen LogP contribution in [-0.4, -0.2) is 61.8 Å². The van der Waals surface area contributed by atoms with Gasteiger partial charge in [-0.3, -0.25) is 9.59 Å². The maximum Gasteiger partial charge on any atom is 0.276 e. The monoisotopic (exact) mass is 353 g/mol. The Labute approximate surface area is 147 Å². The van der Waals surface area contributed by atoms with Gasteiger partial charge in [-0.25, -0.2) is 0 Å². The lowest BCUT2D eigenvalue weighted by atomic mass is 9.93. The maximum atomic E-state index is 13.1. The Kier molecular flexibility index (Phi) is 6.95. The van der Waals surface area contributed by atoms with Crippen LogP contribution in [0.2, 0.25) is 0 Å². The zero-order valence-corrected chi connectivity index (χ0v) is 15.3. The number of rotatable bonds is 7. The molecule has 2 rings (SSSR count). The first-order valence-electron chi connectivity index (χ1n) is 8.51. The number of methoxy groups -OCH3 is 2. The Bertz CT molecular complexity index is 601. The summed E-state index contributed by atoms with van der Waals surface area (Å²) in [5, 5.41) is 6.56. The van der Waals surface area contributed by atoms with E-state index in [0.29, 0.717) is 30.7 Å². The normalized spacial score (nSPS) is 20.6. The summed E-state index contributed by atoms with van der Waals surface area (Å²) in [5.41, 5.74) is 0.943. The van der Waals surface area contributed by atoms with Crippen molar-refractivity contribution in [2.24, 2.45) is 0 Å². The molecule has 1 aromatic rings. The molecule has 1 fully saturated rings. The Morgan fingerprint density at radius 1 is 1.40 bits per heavy atom. The predicted octanol–water partition coefficient (Wildman–Crippen LogP) is 1.28. The van der Waals surface area contributed by atoms with Crippen LogP contribution < -0.4 is 5.32 Å². The highest BCUT2D eigenvalue weighted by molar-refractivity contribution is 5.94. The lowest BCUT2D eigenvalue weighted by molar-refractivity contribution is -0.121. The number of aromatic nitrogens is 1. The molecule has 1 aliphatic rings. The molecule has 2 heterocycles. The van der Waals surface area contributed by atoms with Crippen molar-refractivity contribution < 1.29 is 23.6 Å². The molecule has 0 spiro atoms. The summed E-state index contributed by atoms with van der Waals surface area (Å²) in [4.78, 5) is 26.5. The van der Waals surface area contributed by atoms with Gasteiger partial charge >= 0.3 is 0 Å². The minimum Gasteiger partial charge on any atom is -0.380 e. The van der Waals surface area contributed by atoms with Gasteiger partial charge in [0.1, 0.15) is 5.76 Å². The van der Waals surface area contributed by atoms with Gasteiger partial charge in [-0.15, -0.1) is 0 Å². The fourth-order valence-electron chi connectivity index (χ4n) is 3.30. The molecule has 8 heteroatoms. The molecule has 0 saturated carbocycles. The Morgan fingerprint density at radius 3 is 2.80 bits per heavy atom. The van der Waals surface area contributed by atoms with E-state index in [0.717, 1.165) is 12.8 Å². The van der Waals surface area contributed by atoms with Crippen LogP contribution in [0, 0.1) is 6.92 Å². The number of hydrogen-bond acceptors (Lipinski definition) is 6. The molecule has 0 aliphatic carbocycles. The number of ether oxygens (including phenoxy) is 2. The quantitative estimate of drug-likeness (QED) is 0.793. The number of hydrogen-bond donors (Lipinski definition) is 1. The van der Waals surface area contributed by atoms with Gasteiger partial charge in [-0.2, -0.15) is 0 Å². The average Bonchev–Trinajstić information content (AvgIpc) is 2.99. The lowest BCUT2D eigenvalue weighted by Crippen LogP contribution is -2.52. The van der Waals surface area contributed by atoms with Gasteiger partial charge < -0.3 is 24.2 Å². The van der Waals surface area contributed by atoms with E-state index in [9.17, 15) is 9.59 Å². The highest BCUT2D eigenvalue weighted by Gasteiger charge is 2.37. The van der Waals surface area contributed by atoms with Gasteiger partial charge in [-0.1, -0.05) is 5.16 Å². The molecule has 1 aromatic heterocycles. The van der Waals surface area contributed by atoms with Crippen molar-refractivity contribution in [2.45, 2.75) is 51.4 Å². The van der Waals surface area contributed by atoms with Gasteiger partial charge in [-0.05, 0) is 26.2 Å². The van der Waals surface area contributed by atoms with Crippen molar-refractivity contribution in [1.82, 2.24) is 15.4 Å². The van der Waals surface area contributed by atoms with Crippen molar-refractivity contribution in [3.8, 4) is 0 Å². The molecule has 0 bridgehead atoms. The minimum absolute atomic E-state index is 0.0508. The van der Waals surface area contributed by atoms with Crippen molar-refractivity contribution in [2.75, 3.05) is 27.8 Å². The van der Waals surface area contributed by atoms with Gasteiger partial charge in [0.05, 0.1) is 24.3 Å². The number of nitrogens with zero attached hydrogens (tertiary/aromatic N) is 2. The van der Waals surface area contributed by atoms with E-state index in [4.69, 9.17) is 14.0 Å². The first kappa shape index (κ1) is 19.4. The molecular weight excluding hydrogens is 326 g/mol. The van der Waals surface area contributed by atoms with Crippen LogP contribution in [-0.2, 0) is 20.9 Å². The number of carbonyl (C=O) groups excluding carboxylic acids is 2. The second-order valence-electron chi connectivity index (χ2n) is 6.19. The average molecular weight is 353 g/mol. The molecule has 2 atom stereocenters. The molecule has 1 saturated heterocycles. The third-order valence-corrected chi connectivity index (χ3v) is 4.70. The van der Waals surface area contributed by atoms with Crippen molar-refractivity contribution in [3.05, 3.63) is 17.0 Å². The Hall–Kier alpha value is -1.93. The van der Waals surface area contributed by atoms with E-state index >= 15 is 0 Å². The number of piperidine rings is 1. The third-order valence-electron chi connectivity index (χ3n) is 4.70.